The highest BCUT2D eigenvalue weighted by Gasteiger charge is 2.16. The monoisotopic (exact) mass is 482 g/mol. The molecule has 6 heteroatoms. The van der Waals surface area contributed by atoms with Gasteiger partial charge in [0.25, 0.3) is 0 Å². The fraction of sp³-hybridized carbons (Fsp3) is 0.370. The molecule has 4 nitrogen and oxygen atoms in total. The van der Waals surface area contributed by atoms with Crippen LogP contribution >= 0.6 is 22.9 Å². The van der Waals surface area contributed by atoms with Gasteiger partial charge in [-0.3, -0.25) is 9.69 Å². The van der Waals surface area contributed by atoms with Gasteiger partial charge in [0.1, 0.15) is 5.75 Å². The molecule has 0 aliphatic carbocycles. The summed E-state index contributed by atoms with van der Waals surface area (Å²) >= 11 is 7.68. The third-order valence-corrected chi connectivity index (χ3v) is 7.05. The summed E-state index contributed by atoms with van der Waals surface area (Å²) < 4.78 is 5.87. The summed E-state index contributed by atoms with van der Waals surface area (Å²) in [6.45, 7) is 7.63. The number of ether oxygens (including phenoxy) is 1. The number of ketones is 1. The molecule has 0 atom stereocenters. The number of hydrogen-bond donors (Lipinski definition) is 0. The number of carbonyl (C=O) groups excluding carboxylic acids is 1. The number of piperazine rings is 1. The van der Waals surface area contributed by atoms with Gasteiger partial charge in [0.05, 0.1) is 6.61 Å². The molecule has 0 N–H and O–H groups in total. The van der Waals surface area contributed by atoms with E-state index in [2.05, 4.69) is 26.6 Å². The minimum atomic E-state index is -0.00878. The van der Waals surface area contributed by atoms with Gasteiger partial charge in [-0.15, -0.1) is 0 Å². The predicted molar refractivity (Wildman–Crippen MR) is 137 cm³/mol. The standard InChI is InChI=1S/C27H31ClN2O2S/c28-25-8-4-23(5-9-25)27(31)24-6-10-26(11-7-24)32-18-3-1-2-13-29-14-16-30(17-15-29)20-22-12-19-33-21-22/h4-12,19,21H,1-3,13-18,20H2. The van der Waals surface area contributed by atoms with Crippen LogP contribution in [0.25, 0.3) is 0 Å². The minimum absolute atomic E-state index is 0.00878. The van der Waals surface area contributed by atoms with E-state index in [0.717, 1.165) is 31.8 Å². The summed E-state index contributed by atoms with van der Waals surface area (Å²) in [4.78, 5) is 17.7. The third-order valence-electron chi connectivity index (χ3n) is 6.06. The van der Waals surface area contributed by atoms with Gasteiger partial charge in [-0.05, 0) is 96.7 Å². The first-order chi connectivity index (χ1) is 16.2. The number of thiophene rings is 1. The Morgan fingerprint density at radius 2 is 1.52 bits per heavy atom. The quantitative estimate of drug-likeness (QED) is 0.248. The van der Waals surface area contributed by atoms with E-state index in [1.807, 2.05) is 24.3 Å². The third kappa shape index (κ3) is 7.41. The van der Waals surface area contributed by atoms with E-state index in [0.29, 0.717) is 22.8 Å². The van der Waals surface area contributed by atoms with Crippen LogP contribution in [-0.4, -0.2) is 54.9 Å². The molecule has 0 bridgehead atoms. The molecule has 0 spiro atoms. The molecule has 0 saturated carbocycles. The zero-order valence-corrected chi connectivity index (χ0v) is 20.5. The zero-order chi connectivity index (χ0) is 22.9. The van der Waals surface area contributed by atoms with Gasteiger partial charge in [0.2, 0.25) is 0 Å². The topological polar surface area (TPSA) is 32.8 Å². The lowest BCUT2D eigenvalue weighted by Gasteiger charge is -2.34. The van der Waals surface area contributed by atoms with Crippen LogP contribution in [0.2, 0.25) is 5.02 Å². The number of carbonyl (C=O) groups is 1. The van der Waals surface area contributed by atoms with E-state index < -0.39 is 0 Å². The maximum atomic E-state index is 12.5. The Kier molecular flexibility index (Phi) is 8.95. The van der Waals surface area contributed by atoms with Crippen molar-refractivity contribution in [3.05, 3.63) is 87.1 Å². The first kappa shape index (κ1) is 24.0. The molecule has 1 aliphatic heterocycles. The van der Waals surface area contributed by atoms with Crippen LogP contribution in [0.3, 0.4) is 0 Å². The number of nitrogens with zero attached hydrogens (tertiary/aromatic N) is 2. The van der Waals surface area contributed by atoms with Crippen molar-refractivity contribution in [1.29, 1.82) is 0 Å². The Balaban J connectivity index is 1.08. The average molecular weight is 483 g/mol. The molecule has 0 radical (unpaired) electrons. The molecule has 4 rings (SSSR count). The second-order valence-electron chi connectivity index (χ2n) is 8.52. The van der Waals surface area contributed by atoms with E-state index in [4.69, 9.17) is 16.3 Å². The van der Waals surface area contributed by atoms with Crippen LogP contribution in [0.5, 0.6) is 5.75 Å². The summed E-state index contributed by atoms with van der Waals surface area (Å²) in [5, 5.41) is 5.04. The van der Waals surface area contributed by atoms with Gasteiger partial charge < -0.3 is 9.64 Å². The van der Waals surface area contributed by atoms with Gasteiger partial charge in [-0.1, -0.05) is 11.6 Å². The Bertz CT molecular complexity index is 982. The summed E-state index contributed by atoms with van der Waals surface area (Å²) in [6, 6.07) is 16.6. The molecule has 174 valence electrons. The van der Waals surface area contributed by atoms with E-state index in [1.54, 1.807) is 35.6 Å². The summed E-state index contributed by atoms with van der Waals surface area (Å²) in [7, 11) is 0. The number of benzene rings is 2. The summed E-state index contributed by atoms with van der Waals surface area (Å²) in [6.07, 6.45) is 3.42. The van der Waals surface area contributed by atoms with Gasteiger partial charge in [0.15, 0.2) is 5.78 Å². The van der Waals surface area contributed by atoms with Crippen molar-refractivity contribution >= 4 is 28.7 Å². The maximum absolute atomic E-state index is 12.5. The van der Waals surface area contributed by atoms with Crippen LogP contribution in [0.4, 0.5) is 0 Å². The molecule has 1 aliphatic rings. The lowest BCUT2D eigenvalue weighted by atomic mass is 10.0. The minimum Gasteiger partial charge on any atom is -0.494 e. The van der Waals surface area contributed by atoms with Crippen molar-refractivity contribution in [3.63, 3.8) is 0 Å². The van der Waals surface area contributed by atoms with Crippen molar-refractivity contribution < 1.29 is 9.53 Å². The Morgan fingerprint density at radius 1 is 0.848 bits per heavy atom. The van der Waals surface area contributed by atoms with Crippen LogP contribution in [0.1, 0.15) is 40.7 Å². The molecule has 0 unspecified atom stereocenters. The van der Waals surface area contributed by atoms with Crippen LogP contribution < -0.4 is 4.74 Å². The molecule has 1 saturated heterocycles. The van der Waals surface area contributed by atoms with Crippen LogP contribution in [-0.2, 0) is 6.54 Å². The fourth-order valence-electron chi connectivity index (χ4n) is 4.09. The van der Waals surface area contributed by atoms with Gasteiger partial charge in [-0.2, -0.15) is 11.3 Å². The first-order valence-electron chi connectivity index (χ1n) is 11.7. The second-order valence-corrected chi connectivity index (χ2v) is 9.74. The smallest absolute Gasteiger partial charge is 0.193 e. The van der Waals surface area contributed by atoms with Crippen molar-refractivity contribution in [3.8, 4) is 5.75 Å². The Hall–Kier alpha value is -2.18. The fourth-order valence-corrected chi connectivity index (χ4v) is 4.87. The molecule has 2 heterocycles. The molecule has 1 fully saturated rings. The van der Waals surface area contributed by atoms with E-state index in [9.17, 15) is 4.79 Å². The van der Waals surface area contributed by atoms with E-state index in [1.165, 1.54) is 38.0 Å². The highest BCUT2D eigenvalue weighted by molar-refractivity contribution is 7.07. The Labute approximate surface area is 205 Å². The van der Waals surface area contributed by atoms with Crippen molar-refractivity contribution in [2.75, 3.05) is 39.3 Å². The number of unbranched alkanes of at least 4 members (excludes halogenated alkanes) is 2. The van der Waals surface area contributed by atoms with Gasteiger partial charge >= 0.3 is 0 Å². The second kappa shape index (κ2) is 12.3. The van der Waals surface area contributed by atoms with E-state index in [-0.39, 0.29) is 5.78 Å². The normalized spacial score (nSPS) is 14.9. The molecule has 0 amide bonds. The van der Waals surface area contributed by atoms with Gasteiger partial charge in [-0.25, -0.2) is 0 Å². The highest BCUT2D eigenvalue weighted by atomic mass is 35.5. The SMILES string of the molecule is O=C(c1ccc(Cl)cc1)c1ccc(OCCCCCN2CCN(Cc3ccsc3)CC2)cc1. The molecule has 1 aromatic heterocycles. The Morgan fingerprint density at radius 3 is 2.18 bits per heavy atom. The number of hydrogen-bond acceptors (Lipinski definition) is 5. The average Bonchev–Trinajstić information content (AvgIpc) is 3.36. The maximum Gasteiger partial charge on any atom is 0.193 e. The molecular weight excluding hydrogens is 452 g/mol. The first-order valence-corrected chi connectivity index (χ1v) is 13.0. The molecule has 3 aromatic rings. The highest BCUT2D eigenvalue weighted by Crippen LogP contribution is 2.18. The van der Waals surface area contributed by atoms with Crippen LogP contribution in [0.15, 0.2) is 65.4 Å². The molecule has 33 heavy (non-hydrogen) atoms. The van der Waals surface area contributed by atoms with Crippen molar-refractivity contribution in [2.45, 2.75) is 25.8 Å². The van der Waals surface area contributed by atoms with Crippen molar-refractivity contribution in [1.82, 2.24) is 9.80 Å². The predicted octanol–water partition coefficient (Wildman–Crippen LogP) is 6.00. The zero-order valence-electron chi connectivity index (χ0n) is 18.9. The largest absolute Gasteiger partial charge is 0.494 e. The summed E-state index contributed by atoms with van der Waals surface area (Å²) in [5.74, 6) is 0.801. The van der Waals surface area contributed by atoms with E-state index >= 15 is 0 Å². The lowest BCUT2D eigenvalue weighted by molar-refractivity contribution is 0.103. The van der Waals surface area contributed by atoms with Crippen molar-refractivity contribution in [2.24, 2.45) is 0 Å². The number of halogens is 1. The van der Waals surface area contributed by atoms with Gasteiger partial charge in [0, 0.05) is 48.9 Å². The molecule has 2 aromatic carbocycles. The molecular formula is C27H31ClN2O2S. The summed E-state index contributed by atoms with van der Waals surface area (Å²) in [5.41, 5.74) is 2.73. The number of rotatable bonds is 11. The lowest BCUT2D eigenvalue weighted by Crippen LogP contribution is -2.46. The van der Waals surface area contributed by atoms with Crippen LogP contribution in [0, 0.1) is 0 Å².